The Hall–Kier alpha value is 0.153. The van der Waals surface area contributed by atoms with Gasteiger partial charge in [0.1, 0.15) is 5.75 Å². The van der Waals surface area contributed by atoms with Crippen LogP contribution in [0.3, 0.4) is 0 Å². The molecule has 0 aliphatic heterocycles. The molecule has 1 aromatic carbocycles. The van der Waals surface area contributed by atoms with Crippen molar-refractivity contribution in [1.82, 2.24) is 0 Å². The summed E-state index contributed by atoms with van der Waals surface area (Å²) in [4.78, 5) is 4.76. The van der Waals surface area contributed by atoms with Gasteiger partial charge in [-0.2, -0.15) is 0 Å². The topological polar surface area (TPSA) is 32.6 Å². The van der Waals surface area contributed by atoms with Gasteiger partial charge in [0.15, 0.2) is 0 Å². The SMILES string of the molecule is Oc1c(C=NC2CCCC2)cccc1C12CC3CC(CC(C3)C1)C2.[Cl][Zr][Cl]. The van der Waals surface area contributed by atoms with Crippen LogP contribution in [0.15, 0.2) is 23.2 Å². The molecule has 4 bridgehead atoms. The average Bonchev–Trinajstić information content (AvgIpc) is 3.14. The van der Waals surface area contributed by atoms with Crippen LogP contribution in [-0.2, 0) is 26.3 Å². The second-order valence-corrected chi connectivity index (χ2v) is 13.0. The first kappa shape index (κ1) is 20.4. The number of rotatable bonds is 3. The molecule has 1 N–H and O–H groups in total. The zero-order chi connectivity index (χ0) is 18.9. The number of benzene rings is 1. The van der Waals surface area contributed by atoms with Gasteiger partial charge in [0, 0.05) is 23.4 Å². The predicted molar refractivity (Wildman–Crippen MR) is 110 cm³/mol. The molecule has 6 rings (SSSR count). The molecule has 2 nitrogen and oxygen atoms in total. The van der Waals surface area contributed by atoms with E-state index >= 15 is 0 Å². The summed E-state index contributed by atoms with van der Waals surface area (Å²) in [5.74, 6) is 3.26. The van der Waals surface area contributed by atoms with Gasteiger partial charge in [0.25, 0.3) is 0 Å². The molecule has 1 aromatic rings. The van der Waals surface area contributed by atoms with Gasteiger partial charge in [-0.25, -0.2) is 0 Å². The third kappa shape index (κ3) is 4.36. The first-order valence-corrected chi connectivity index (χ1v) is 16.8. The Labute approximate surface area is 181 Å². The minimum absolute atomic E-state index is 0.260. The Balaban J connectivity index is 0.000000565. The third-order valence-electron chi connectivity index (χ3n) is 7.43. The first-order valence-electron chi connectivity index (χ1n) is 10.5. The van der Waals surface area contributed by atoms with E-state index in [1.165, 1.54) is 69.8 Å². The van der Waals surface area contributed by atoms with Crippen molar-refractivity contribution in [3.8, 4) is 5.75 Å². The van der Waals surface area contributed by atoms with Crippen molar-refractivity contribution < 1.29 is 26.0 Å². The number of halogens is 2. The molecule has 0 saturated heterocycles. The molecule has 0 heterocycles. The molecule has 0 unspecified atom stereocenters. The van der Waals surface area contributed by atoms with Crippen molar-refractivity contribution in [3.05, 3.63) is 29.3 Å². The summed E-state index contributed by atoms with van der Waals surface area (Å²) in [6, 6.07) is 6.86. The molecule has 5 saturated carbocycles. The number of phenolic OH excluding ortho intramolecular Hbond substituents is 1. The zero-order valence-corrected chi connectivity index (χ0v) is 19.8. The molecule has 5 aliphatic rings. The number of hydrogen-bond donors (Lipinski definition) is 1. The average molecular weight is 486 g/mol. The van der Waals surface area contributed by atoms with Crippen molar-refractivity contribution >= 4 is 23.2 Å². The van der Waals surface area contributed by atoms with Gasteiger partial charge in [-0.1, -0.05) is 25.0 Å². The molecule has 0 atom stereocenters. The Morgan fingerprint density at radius 2 is 1.56 bits per heavy atom. The first-order chi connectivity index (χ1) is 13.1. The van der Waals surface area contributed by atoms with Crippen LogP contribution in [0, 0.1) is 17.8 Å². The van der Waals surface area contributed by atoms with Crippen molar-refractivity contribution in [1.29, 1.82) is 0 Å². The molecule has 0 aromatic heterocycles. The second-order valence-electron chi connectivity index (χ2n) is 9.23. The second kappa shape index (κ2) is 8.89. The van der Waals surface area contributed by atoms with Gasteiger partial charge < -0.3 is 5.11 Å². The van der Waals surface area contributed by atoms with E-state index in [1.54, 1.807) is 0 Å². The normalized spacial score (nSPS) is 34.7. The van der Waals surface area contributed by atoms with Gasteiger partial charge in [-0.15, -0.1) is 0 Å². The Morgan fingerprint density at radius 3 is 2.11 bits per heavy atom. The van der Waals surface area contributed by atoms with Crippen LogP contribution in [0.2, 0.25) is 0 Å². The van der Waals surface area contributed by atoms with E-state index in [0.717, 1.165) is 23.3 Å². The summed E-state index contributed by atoms with van der Waals surface area (Å²) < 4.78 is 0. The molecule has 0 radical (unpaired) electrons. The van der Waals surface area contributed by atoms with E-state index < -0.39 is 20.8 Å². The number of nitrogens with zero attached hydrogens (tertiary/aromatic N) is 1. The number of para-hydroxylation sites is 1. The fourth-order valence-corrected chi connectivity index (χ4v) is 6.77. The molecule has 5 fully saturated rings. The van der Waals surface area contributed by atoms with E-state index in [0.29, 0.717) is 11.8 Å². The van der Waals surface area contributed by atoms with Crippen LogP contribution in [0.4, 0.5) is 0 Å². The molecular formula is C22H29Cl2NOZr. The van der Waals surface area contributed by atoms with Crippen LogP contribution in [-0.4, -0.2) is 17.4 Å². The standard InChI is InChI=1S/C22H29NO.2ClH.Zr/c24-21-18(14-23-19-5-1-2-6-19)4-3-7-20(21)22-11-15-8-16(12-22)10-17(9-15)13-22;;;/h3-4,7,14-17,19,24H,1-2,5-6,8-13H2;2*1H;/q;;;+2/p-2. The van der Waals surface area contributed by atoms with Crippen LogP contribution in [0.1, 0.15) is 75.3 Å². The van der Waals surface area contributed by atoms with E-state index in [4.69, 9.17) is 22.0 Å². The Bertz CT molecular complexity index is 652. The number of aliphatic imine (C=N–C) groups is 1. The van der Waals surface area contributed by atoms with Gasteiger partial charge in [0.05, 0.1) is 0 Å². The molecule has 0 spiro atoms. The number of phenols is 1. The Kier molecular flexibility index (Phi) is 6.72. The van der Waals surface area contributed by atoms with Crippen molar-refractivity contribution in [2.45, 2.75) is 75.7 Å². The zero-order valence-electron chi connectivity index (χ0n) is 15.8. The van der Waals surface area contributed by atoms with Gasteiger partial charge in [-0.05, 0) is 80.6 Å². The molecule has 5 heteroatoms. The summed E-state index contributed by atoms with van der Waals surface area (Å²) in [5, 5.41) is 11.0. The quantitative estimate of drug-likeness (QED) is 0.481. The van der Waals surface area contributed by atoms with E-state index in [1.807, 2.05) is 12.3 Å². The van der Waals surface area contributed by atoms with E-state index in [-0.39, 0.29) is 5.41 Å². The van der Waals surface area contributed by atoms with Crippen molar-refractivity contribution in [2.75, 3.05) is 0 Å². The Morgan fingerprint density at radius 1 is 1.00 bits per heavy atom. The third-order valence-corrected chi connectivity index (χ3v) is 7.43. The van der Waals surface area contributed by atoms with Gasteiger partial charge in [-0.3, -0.25) is 4.99 Å². The van der Waals surface area contributed by atoms with Crippen LogP contribution >= 0.6 is 17.0 Å². The molecule has 5 aliphatic carbocycles. The summed E-state index contributed by atoms with van der Waals surface area (Å²) in [5.41, 5.74) is 2.43. The predicted octanol–water partition coefficient (Wildman–Crippen LogP) is 6.60. The fourth-order valence-electron chi connectivity index (χ4n) is 6.77. The van der Waals surface area contributed by atoms with Crippen molar-refractivity contribution in [2.24, 2.45) is 22.7 Å². The van der Waals surface area contributed by atoms with Gasteiger partial charge in [0.2, 0.25) is 0 Å². The maximum absolute atomic E-state index is 11.0. The molecule has 146 valence electrons. The molecule has 0 amide bonds. The molecule has 27 heavy (non-hydrogen) atoms. The number of aromatic hydroxyl groups is 1. The maximum atomic E-state index is 11.0. The summed E-state index contributed by atoms with van der Waals surface area (Å²) in [7, 11) is 9.87. The summed E-state index contributed by atoms with van der Waals surface area (Å²) in [6.45, 7) is 0. The summed E-state index contributed by atoms with van der Waals surface area (Å²) in [6.07, 6.45) is 15.2. The fraction of sp³-hybridized carbons (Fsp3) is 0.682. The van der Waals surface area contributed by atoms with E-state index in [9.17, 15) is 5.11 Å². The van der Waals surface area contributed by atoms with Crippen molar-refractivity contribution in [3.63, 3.8) is 0 Å². The van der Waals surface area contributed by atoms with Crippen LogP contribution in [0.5, 0.6) is 5.75 Å². The van der Waals surface area contributed by atoms with Gasteiger partial charge >= 0.3 is 37.9 Å². The molecular weight excluding hydrogens is 456 g/mol. The van der Waals surface area contributed by atoms with Crippen LogP contribution in [0.25, 0.3) is 0 Å². The number of hydrogen-bond acceptors (Lipinski definition) is 2. The van der Waals surface area contributed by atoms with E-state index in [2.05, 4.69) is 12.1 Å². The van der Waals surface area contributed by atoms with Crippen LogP contribution < -0.4 is 0 Å². The minimum atomic E-state index is -0.826. The summed E-state index contributed by atoms with van der Waals surface area (Å²) >= 11 is -0.826. The monoisotopic (exact) mass is 483 g/mol.